The number of hydrogen-bond donors (Lipinski definition) is 1. The maximum Gasteiger partial charge on any atom is 0.221 e. The van der Waals surface area contributed by atoms with Gasteiger partial charge in [0.1, 0.15) is 11.5 Å². The van der Waals surface area contributed by atoms with Gasteiger partial charge in [-0.2, -0.15) is 0 Å². The molecule has 4 rings (SSSR count). The summed E-state index contributed by atoms with van der Waals surface area (Å²) in [6, 6.07) is 18.0. The van der Waals surface area contributed by atoms with Crippen LogP contribution in [0.2, 0.25) is 0 Å². The predicted molar refractivity (Wildman–Crippen MR) is 114 cm³/mol. The summed E-state index contributed by atoms with van der Waals surface area (Å²) in [7, 11) is 0. The van der Waals surface area contributed by atoms with Crippen molar-refractivity contribution >= 4 is 11.6 Å². The van der Waals surface area contributed by atoms with Crippen LogP contribution in [0.25, 0.3) is 5.65 Å². The first-order chi connectivity index (χ1) is 14.6. The van der Waals surface area contributed by atoms with Gasteiger partial charge in [-0.15, -0.1) is 0 Å². The van der Waals surface area contributed by atoms with Gasteiger partial charge in [0.05, 0.1) is 5.69 Å². The lowest BCUT2D eigenvalue weighted by atomic mass is 9.92. The summed E-state index contributed by atoms with van der Waals surface area (Å²) in [5.74, 6) is -0.728. The minimum absolute atomic E-state index is 0.0938. The quantitative estimate of drug-likeness (QED) is 0.507. The summed E-state index contributed by atoms with van der Waals surface area (Å²) in [6.07, 6.45) is 4.38. The van der Waals surface area contributed by atoms with E-state index < -0.39 is 0 Å². The van der Waals surface area contributed by atoms with Crippen molar-refractivity contribution in [2.24, 2.45) is 0 Å². The highest BCUT2D eigenvalue weighted by Crippen LogP contribution is 2.30. The van der Waals surface area contributed by atoms with Crippen LogP contribution in [-0.2, 0) is 11.2 Å². The van der Waals surface area contributed by atoms with Crippen LogP contribution in [0, 0.1) is 12.7 Å². The van der Waals surface area contributed by atoms with Gasteiger partial charge in [0, 0.05) is 49.1 Å². The zero-order valence-electron chi connectivity index (χ0n) is 16.8. The molecule has 30 heavy (non-hydrogen) atoms. The van der Waals surface area contributed by atoms with Crippen LogP contribution in [0.15, 0.2) is 73.1 Å². The van der Waals surface area contributed by atoms with E-state index in [1.165, 1.54) is 12.1 Å². The van der Waals surface area contributed by atoms with E-state index in [4.69, 9.17) is 0 Å². The van der Waals surface area contributed by atoms with Gasteiger partial charge in [-0.1, -0.05) is 24.3 Å². The Hall–Kier alpha value is -3.54. The minimum Gasteiger partial charge on any atom is -0.356 e. The Balaban J connectivity index is 1.57. The van der Waals surface area contributed by atoms with E-state index in [1.807, 2.05) is 53.8 Å². The molecule has 152 valence electrons. The lowest BCUT2D eigenvalue weighted by Crippen LogP contribution is -2.28. The molecule has 0 saturated carbocycles. The fourth-order valence-corrected chi connectivity index (χ4v) is 3.73. The van der Waals surface area contributed by atoms with Crippen molar-refractivity contribution in [3.8, 4) is 0 Å². The molecule has 4 aromatic rings. The van der Waals surface area contributed by atoms with Crippen molar-refractivity contribution in [3.63, 3.8) is 0 Å². The van der Waals surface area contributed by atoms with Crippen molar-refractivity contribution in [1.29, 1.82) is 0 Å². The Morgan fingerprint density at radius 3 is 2.77 bits per heavy atom. The Morgan fingerprint density at radius 2 is 1.97 bits per heavy atom. The summed E-state index contributed by atoms with van der Waals surface area (Å²) >= 11 is 0. The molecule has 1 unspecified atom stereocenters. The second kappa shape index (κ2) is 8.86. The predicted octanol–water partition coefficient (Wildman–Crippen LogP) is 4.06. The molecular weight excluding hydrogens is 379 g/mol. The number of aromatic nitrogens is 3. The smallest absolute Gasteiger partial charge is 0.221 e. The minimum atomic E-state index is -0.321. The highest BCUT2D eigenvalue weighted by atomic mass is 19.1. The maximum absolute atomic E-state index is 14.0. The fourth-order valence-electron chi connectivity index (χ4n) is 3.73. The van der Waals surface area contributed by atoms with Crippen molar-refractivity contribution in [1.82, 2.24) is 19.7 Å². The van der Waals surface area contributed by atoms with Crippen molar-refractivity contribution in [2.75, 3.05) is 6.54 Å². The van der Waals surface area contributed by atoms with Gasteiger partial charge in [0.25, 0.3) is 0 Å². The van der Waals surface area contributed by atoms with E-state index in [1.54, 1.807) is 18.5 Å². The van der Waals surface area contributed by atoms with E-state index in [9.17, 15) is 9.18 Å². The number of nitrogens with one attached hydrogen (secondary N) is 1. The molecule has 0 aliphatic carbocycles. The van der Waals surface area contributed by atoms with Crippen molar-refractivity contribution in [2.45, 2.75) is 25.7 Å². The van der Waals surface area contributed by atoms with Crippen LogP contribution in [0.3, 0.4) is 0 Å². The van der Waals surface area contributed by atoms with Gasteiger partial charge in [-0.25, -0.2) is 9.37 Å². The van der Waals surface area contributed by atoms with Gasteiger partial charge < -0.3 is 9.72 Å². The van der Waals surface area contributed by atoms with Crippen LogP contribution >= 0.6 is 0 Å². The van der Waals surface area contributed by atoms with Crippen LogP contribution in [-0.4, -0.2) is 26.8 Å². The second-order valence-corrected chi connectivity index (χ2v) is 7.28. The fraction of sp³-hybridized carbons (Fsp3) is 0.208. The first-order valence-corrected chi connectivity index (χ1v) is 9.97. The molecule has 3 heterocycles. The van der Waals surface area contributed by atoms with Crippen LogP contribution in [0.1, 0.15) is 35.0 Å². The molecular formula is C24H23FN4O. The molecule has 0 spiro atoms. The third kappa shape index (κ3) is 4.38. The molecule has 1 N–H and O–H groups in total. The van der Waals surface area contributed by atoms with Crippen LogP contribution < -0.4 is 5.32 Å². The standard InChI is InChI=1S/C24H23FN4O/c1-17-6-4-10-23-28-16-22(29(17)23)21(18-7-5-8-19(25)14-18)15-24(30)27-13-11-20-9-2-3-12-26-20/h2-10,12,14,16,21H,11,13,15H2,1H3,(H,27,30). The van der Waals surface area contributed by atoms with Gasteiger partial charge in [0.15, 0.2) is 0 Å². The zero-order chi connectivity index (χ0) is 20.9. The van der Waals surface area contributed by atoms with E-state index >= 15 is 0 Å². The number of rotatable bonds is 7. The molecule has 1 amide bonds. The summed E-state index contributed by atoms with van der Waals surface area (Å²) in [5, 5.41) is 2.97. The number of hydrogen-bond acceptors (Lipinski definition) is 3. The average Bonchev–Trinajstić information content (AvgIpc) is 3.18. The summed E-state index contributed by atoms with van der Waals surface area (Å²) in [6.45, 7) is 2.49. The normalized spacial score (nSPS) is 12.1. The average molecular weight is 402 g/mol. The Labute approximate surface area is 174 Å². The Morgan fingerprint density at radius 1 is 1.10 bits per heavy atom. The van der Waals surface area contributed by atoms with E-state index in [0.717, 1.165) is 28.3 Å². The number of carbonyl (C=O) groups is 1. The van der Waals surface area contributed by atoms with E-state index in [2.05, 4.69) is 15.3 Å². The van der Waals surface area contributed by atoms with E-state index in [0.29, 0.717) is 13.0 Å². The molecule has 0 radical (unpaired) electrons. The number of nitrogens with zero attached hydrogens (tertiary/aromatic N) is 3. The molecule has 1 atom stereocenters. The topological polar surface area (TPSA) is 59.3 Å². The number of benzene rings is 1. The number of aryl methyl sites for hydroxylation is 1. The molecule has 3 aromatic heterocycles. The molecule has 0 aliphatic rings. The molecule has 0 saturated heterocycles. The van der Waals surface area contributed by atoms with Crippen LogP contribution in [0.4, 0.5) is 4.39 Å². The first kappa shape index (κ1) is 19.8. The zero-order valence-corrected chi connectivity index (χ0v) is 16.8. The summed E-state index contributed by atoms with van der Waals surface area (Å²) in [5.41, 5.74) is 4.37. The Bertz CT molecular complexity index is 1160. The molecule has 0 fully saturated rings. The lowest BCUT2D eigenvalue weighted by molar-refractivity contribution is -0.121. The van der Waals surface area contributed by atoms with Gasteiger partial charge in [-0.3, -0.25) is 9.78 Å². The monoisotopic (exact) mass is 402 g/mol. The summed E-state index contributed by atoms with van der Waals surface area (Å²) in [4.78, 5) is 21.5. The molecule has 1 aromatic carbocycles. The van der Waals surface area contributed by atoms with Gasteiger partial charge in [0.2, 0.25) is 5.91 Å². The van der Waals surface area contributed by atoms with Crippen LogP contribution in [0.5, 0.6) is 0 Å². The number of pyridine rings is 2. The molecule has 5 nitrogen and oxygen atoms in total. The SMILES string of the molecule is Cc1cccc2ncc(C(CC(=O)NCCc3ccccn3)c3cccc(F)c3)n12. The molecule has 0 aliphatic heterocycles. The molecule has 0 bridgehead atoms. The van der Waals surface area contributed by atoms with Gasteiger partial charge >= 0.3 is 0 Å². The van der Waals surface area contributed by atoms with E-state index in [-0.39, 0.29) is 24.1 Å². The van der Waals surface area contributed by atoms with Gasteiger partial charge in [-0.05, 0) is 48.9 Å². The summed E-state index contributed by atoms with van der Waals surface area (Å²) < 4.78 is 16.0. The maximum atomic E-state index is 14.0. The third-order valence-corrected chi connectivity index (χ3v) is 5.18. The first-order valence-electron chi connectivity index (χ1n) is 9.97. The third-order valence-electron chi connectivity index (χ3n) is 5.18. The highest BCUT2D eigenvalue weighted by molar-refractivity contribution is 5.77. The number of carbonyl (C=O) groups excluding carboxylic acids is 1. The highest BCUT2D eigenvalue weighted by Gasteiger charge is 2.23. The molecule has 6 heteroatoms. The number of amides is 1. The number of halogens is 1. The largest absolute Gasteiger partial charge is 0.356 e. The lowest BCUT2D eigenvalue weighted by Gasteiger charge is -2.18. The van der Waals surface area contributed by atoms with Crippen molar-refractivity contribution < 1.29 is 9.18 Å². The number of imidazole rings is 1. The number of fused-ring (bicyclic) bond motifs is 1. The van der Waals surface area contributed by atoms with Crippen molar-refractivity contribution in [3.05, 3.63) is 102 Å². The second-order valence-electron chi connectivity index (χ2n) is 7.28. The Kier molecular flexibility index (Phi) is 5.84.